The number of thiazole rings is 1. The number of likely N-dealkylation sites (N-methyl/N-ethyl adjacent to an activating group) is 1. The van der Waals surface area contributed by atoms with Crippen LogP contribution in [-0.2, 0) is 6.54 Å². The van der Waals surface area contributed by atoms with Gasteiger partial charge < -0.3 is 4.90 Å². The fraction of sp³-hybridized carbons (Fsp3) is 0.316. The number of nitrogens with zero attached hydrogens (tertiary/aromatic N) is 2. The fourth-order valence-electron chi connectivity index (χ4n) is 3.60. The zero-order valence-corrected chi connectivity index (χ0v) is 16.4. The van der Waals surface area contributed by atoms with E-state index in [-0.39, 0.29) is 0 Å². The van der Waals surface area contributed by atoms with Crippen molar-refractivity contribution in [1.29, 1.82) is 0 Å². The van der Waals surface area contributed by atoms with Crippen LogP contribution in [0.5, 0.6) is 0 Å². The monoisotopic (exact) mass is 374 g/mol. The molecule has 3 aromatic rings. The molecule has 0 spiro atoms. The van der Waals surface area contributed by atoms with Crippen molar-refractivity contribution in [2.24, 2.45) is 0 Å². The van der Waals surface area contributed by atoms with Crippen LogP contribution in [0.15, 0.2) is 30.3 Å². The van der Waals surface area contributed by atoms with Gasteiger partial charge in [0.2, 0.25) is 0 Å². The van der Waals surface area contributed by atoms with Gasteiger partial charge in [-0.15, -0.1) is 22.7 Å². The van der Waals surface area contributed by atoms with Gasteiger partial charge in [-0.25, -0.2) is 4.98 Å². The molecule has 0 fully saturated rings. The normalized spacial score (nSPS) is 17.9. The van der Waals surface area contributed by atoms with Crippen LogP contribution < -0.4 is 0 Å². The summed E-state index contributed by atoms with van der Waals surface area (Å²) in [4.78, 5) is 9.70. The smallest absolute Gasteiger partial charge is 0.0934 e. The van der Waals surface area contributed by atoms with Crippen molar-refractivity contribution in [3.05, 3.63) is 61.4 Å². The number of fused-ring (bicyclic) bond motifs is 1. The minimum atomic E-state index is 0.362. The lowest BCUT2D eigenvalue weighted by Gasteiger charge is -2.31. The van der Waals surface area contributed by atoms with Crippen LogP contribution in [0.1, 0.15) is 32.6 Å². The molecule has 124 valence electrons. The topological polar surface area (TPSA) is 16.1 Å². The number of benzene rings is 1. The van der Waals surface area contributed by atoms with Gasteiger partial charge in [0.05, 0.1) is 19.9 Å². The number of aryl methyl sites for hydroxylation is 2. The van der Waals surface area contributed by atoms with Crippen molar-refractivity contribution < 1.29 is 0 Å². The molecular formula is C19H19ClN2S2. The van der Waals surface area contributed by atoms with E-state index in [9.17, 15) is 0 Å². The highest BCUT2D eigenvalue weighted by molar-refractivity contribution is 7.16. The summed E-state index contributed by atoms with van der Waals surface area (Å²) < 4.78 is 0.891. The molecule has 1 aliphatic heterocycles. The summed E-state index contributed by atoms with van der Waals surface area (Å²) in [6.07, 6.45) is 0. The van der Waals surface area contributed by atoms with E-state index in [1.165, 1.54) is 26.4 Å². The predicted octanol–water partition coefficient (Wildman–Crippen LogP) is 5.72. The van der Waals surface area contributed by atoms with Crippen LogP contribution in [0.3, 0.4) is 0 Å². The fourth-order valence-corrected chi connectivity index (χ4v) is 5.99. The van der Waals surface area contributed by atoms with Crippen LogP contribution in [0.2, 0.25) is 4.34 Å². The molecule has 1 atom stereocenters. The molecule has 0 N–H and O–H groups in total. The maximum absolute atomic E-state index is 6.33. The first-order valence-corrected chi connectivity index (χ1v) is 10.0. The Hall–Kier alpha value is -1.20. The summed E-state index contributed by atoms with van der Waals surface area (Å²) in [6.45, 7) is 6.20. The second kappa shape index (κ2) is 6.26. The third-order valence-electron chi connectivity index (χ3n) is 4.58. The molecule has 0 amide bonds. The number of hydrogen-bond acceptors (Lipinski definition) is 4. The highest BCUT2D eigenvalue weighted by atomic mass is 35.5. The van der Waals surface area contributed by atoms with Gasteiger partial charge in [0.15, 0.2) is 0 Å². The van der Waals surface area contributed by atoms with E-state index >= 15 is 0 Å². The van der Waals surface area contributed by atoms with E-state index in [1.807, 2.05) is 0 Å². The Labute approximate surface area is 155 Å². The van der Waals surface area contributed by atoms with Gasteiger partial charge in [0, 0.05) is 23.9 Å². The number of hydrogen-bond donors (Lipinski definition) is 0. The van der Waals surface area contributed by atoms with Crippen molar-refractivity contribution in [3.8, 4) is 10.4 Å². The van der Waals surface area contributed by atoms with Crippen molar-refractivity contribution >= 4 is 34.3 Å². The molecule has 2 aromatic heterocycles. The Balaban J connectivity index is 1.88. The largest absolute Gasteiger partial charge is 0.300 e. The molecule has 0 bridgehead atoms. The number of thiophene rings is 1. The summed E-state index contributed by atoms with van der Waals surface area (Å²) in [5, 5.41) is 1.12. The van der Waals surface area contributed by atoms with E-state index < -0.39 is 0 Å². The Bertz CT molecular complexity index is 897. The van der Waals surface area contributed by atoms with Crippen molar-refractivity contribution in [3.63, 3.8) is 0 Å². The first kappa shape index (κ1) is 16.3. The second-order valence-corrected chi connectivity index (χ2v) is 9.38. The van der Waals surface area contributed by atoms with Crippen LogP contribution in [-0.4, -0.2) is 23.5 Å². The molecule has 1 unspecified atom stereocenters. The molecule has 0 saturated carbocycles. The van der Waals surface area contributed by atoms with E-state index in [2.05, 4.69) is 61.1 Å². The Morgan fingerprint density at radius 1 is 1.17 bits per heavy atom. The molecule has 1 aliphatic rings. The summed E-state index contributed by atoms with van der Waals surface area (Å²) in [7, 11) is 2.19. The second-order valence-electron chi connectivity index (χ2n) is 6.41. The summed E-state index contributed by atoms with van der Waals surface area (Å²) in [6, 6.07) is 10.9. The van der Waals surface area contributed by atoms with E-state index in [0.29, 0.717) is 5.92 Å². The lowest BCUT2D eigenvalue weighted by Crippen LogP contribution is -2.30. The molecule has 2 nitrogen and oxygen atoms in total. The van der Waals surface area contributed by atoms with Crippen LogP contribution in [0, 0.1) is 13.8 Å². The third kappa shape index (κ3) is 2.82. The lowest BCUT2D eigenvalue weighted by atomic mass is 9.85. The average Bonchev–Trinajstić information content (AvgIpc) is 3.07. The van der Waals surface area contributed by atoms with Crippen molar-refractivity contribution in [1.82, 2.24) is 9.88 Å². The first-order valence-electron chi connectivity index (χ1n) is 8.03. The zero-order chi connectivity index (χ0) is 16.8. The molecule has 0 radical (unpaired) electrons. The molecule has 0 saturated heterocycles. The van der Waals surface area contributed by atoms with Gasteiger partial charge in [-0.05, 0) is 43.7 Å². The number of halogens is 1. The van der Waals surface area contributed by atoms with E-state index in [0.717, 1.165) is 28.1 Å². The lowest BCUT2D eigenvalue weighted by molar-refractivity contribution is 0.299. The number of aromatic nitrogens is 1. The predicted molar refractivity (Wildman–Crippen MR) is 105 cm³/mol. The van der Waals surface area contributed by atoms with E-state index in [4.69, 9.17) is 11.6 Å². The molecule has 1 aromatic carbocycles. The summed E-state index contributed by atoms with van der Waals surface area (Å²) >= 11 is 9.83. The Morgan fingerprint density at radius 3 is 2.71 bits per heavy atom. The zero-order valence-electron chi connectivity index (χ0n) is 14.0. The van der Waals surface area contributed by atoms with Gasteiger partial charge in [0.1, 0.15) is 0 Å². The van der Waals surface area contributed by atoms with E-state index in [1.54, 1.807) is 22.7 Å². The van der Waals surface area contributed by atoms with Gasteiger partial charge in [-0.2, -0.15) is 0 Å². The molecule has 4 rings (SSSR count). The maximum Gasteiger partial charge on any atom is 0.0934 e. The van der Waals surface area contributed by atoms with Gasteiger partial charge in [0.25, 0.3) is 0 Å². The minimum Gasteiger partial charge on any atom is -0.300 e. The summed E-state index contributed by atoms with van der Waals surface area (Å²) in [5.74, 6) is 0.362. The Kier molecular flexibility index (Phi) is 4.25. The average molecular weight is 375 g/mol. The highest BCUT2D eigenvalue weighted by Crippen LogP contribution is 2.43. The highest BCUT2D eigenvalue weighted by Gasteiger charge is 2.29. The SMILES string of the molecule is Cc1nc(C)c(-c2ccccc2C2CN(C)Cc3sc(Cl)cc32)s1. The molecule has 5 heteroatoms. The van der Waals surface area contributed by atoms with Crippen molar-refractivity contribution in [2.75, 3.05) is 13.6 Å². The quantitative estimate of drug-likeness (QED) is 0.570. The maximum atomic E-state index is 6.33. The van der Waals surface area contributed by atoms with Crippen LogP contribution >= 0.6 is 34.3 Å². The van der Waals surface area contributed by atoms with Gasteiger partial charge in [-0.1, -0.05) is 35.9 Å². The molecule has 3 heterocycles. The minimum absolute atomic E-state index is 0.362. The Morgan fingerprint density at radius 2 is 1.96 bits per heavy atom. The number of rotatable bonds is 2. The van der Waals surface area contributed by atoms with Crippen molar-refractivity contribution in [2.45, 2.75) is 26.3 Å². The molecular weight excluding hydrogens is 356 g/mol. The summed E-state index contributed by atoms with van der Waals surface area (Å²) in [5.41, 5.74) is 5.22. The molecule has 24 heavy (non-hydrogen) atoms. The van der Waals surface area contributed by atoms with Gasteiger partial charge in [-0.3, -0.25) is 0 Å². The van der Waals surface area contributed by atoms with Gasteiger partial charge >= 0.3 is 0 Å². The third-order valence-corrected chi connectivity index (χ3v) is 6.95. The van der Waals surface area contributed by atoms with Crippen LogP contribution in [0.4, 0.5) is 0 Å². The standard InChI is InChI=1S/C19H19ClN2S2/c1-11-19(23-12(2)21-11)14-7-5-4-6-13(14)16-9-22(3)10-17-15(16)8-18(20)24-17/h4-8,16H,9-10H2,1-3H3. The first-order chi connectivity index (χ1) is 11.5. The van der Waals surface area contributed by atoms with Crippen LogP contribution in [0.25, 0.3) is 10.4 Å². The molecule has 0 aliphatic carbocycles.